The van der Waals surface area contributed by atoms with Crippen LogP contribution in [0, 0.1) is 5.82 Å². The van der Waals surface area contributed by atoms with E-state index in [0.717, 1.165) is 5.56 Å². The summed E-state index contributed by atoms with van der Waals surface area (Å²) >= 11 is 0. The van der Waals surface area contributed by atoms with Crippen LogP contribution >= 0.6 is 0 Å². The molecule has 0 aromatic heterocycles. The number of allylic oxidation sites excluding steroid dienone is 2. The predicted octanol–water partition coefficient (Wildman–Crippen LogP) is 3.92. The second-order valence-electron chi connectivity index (χ2n) is 7.30. The molecule has 0 aliphatic heterocycles. The molecule has 0 spiro atoms. The number of hydrogen-bond acceptors (Lipinski definition) is 5. The predicted molar refractivity (Wildman–Crippen MR) is 119 cm³/mol. The zero-order chi connectivity index (χ0) is 22.5. The maximum Gasteiger partial charge on any atom is 0.247 e. The van der Waals surface area contributed by atoms with E-state index in [2.05, 4.69) is 15.8 Å². The fourth-order valence-corrected chi connectivity index (χ4v) is 3.53. The van der Waals surface area contributed by atoms with Crippen LogP contribution in [0.3, 0.4) is 0 Å². The van der Waals surface area contributed by atoms with Gasteiger partial charge in [0.2, 0.25) is 11.7 Å². The van der Waals surface area contributed by atoms with E-state index in [-0.39, 0.29) is 17.2 Å². The van der Waals surface area contributed by atoms with Crippen LogP contribution < -0.4 is 10.6 Å². The van der Waals surface area contributed by atoms with Crippen LogP contribution in [0.5, 0.6) is 0 Å². The van der Waals surface area contributed by atoms with Crippen molar-refractivity contribution in [3.63, 3.8) is 0 Å². The third kappa shape index (κ3) is 4.57. The minimum atomic E-state index is -0.817. The standard InChI is InChI=1S/C25H20FN3O3/c26-17-10-12-18(13-11-17)27-25(31)23(14-16-6-2-1-3-7-16)28-22-15-21(29-32)19-8-4-5-9-20(19)24(22)30/h1-13,15,23,28,32H,14H2,(H,27,31). The van der Waals surface area contributed by atoms with Crippen LogP contribution in [0.2, 0.25) is 0 Å². The Morgan fingerprint density at radius 1 is 0.938 bits per heavy atom. The minimum Gasteiger partial charge on any atom is -0.410 e. The molecular weight excluding hydrogens is 409 g/mol. The minimum absolute atomic E-state index is 0.145. The van der Waals surface area contributed by atoms with Gasteiger partial charge in [0.1, 0.15) is 17.6 Å². The smallest absolute Gasteiger partial charge is 0.247 e. The van der Waals surface area contributed by atoms with Crippen LogP contribution in [0.1, 0.15) is 21.5 Å². The number of ketones is 1. The zero-order valence-electron chi connectivity index (χ0n) is 17.0. The van der Waals surface area contributed by atoms with E-state index >= 15 is 0 Å². The number of rotatable bonds is 6. The van der Waals surface area contributed by atoms with Crippen molar-refractivity contribution in [3.05, 3.63) is 113 Å². The van der Waals surface area contributed by atoms with Crippen molar-refractivity contribution in [2.75, 3.05) is 5.32 Å². The molecule has 1 atom stereocenters. The molecule has 1 unspecified atom stereocenters. The number of carbonyl (C=O) groups is 2. The summed E-state index contributed by atoms with van der Waals surface area (Å²) in [5.41, 5.74) is 2.58. The molecule has 1 aliphatic carbocycles. The van der Waals surface area contributed by atoms with Crippen LogP contribution in [0.4, 0.5) is 10.1 Å². The summed E-state index contributed by atoms with van der Waals surface area (Å²) in [6, 6.07) is 20.8. The van der Waals surface area contributed by atoms with Gasteiger partial charge in [-0.15, -0.1) is 0 Å². The second-order valence-corrected chi connectivity index (χ2v) is 7.30. The van der Waals surface area contributed by atoms with Crippen LogP contribution in [-0.2, 0) is 11.2 Å². The zero-order valence-corrected chi connectivity index (χ0v) is 17.0. The maximum atomic E-state index is 13.2. The second kappa shape index (κ2) is 9.26. The molecule has 1 amide bonds. The number of halogens is 1. The molecule has 0 heterocycles. The van der Waals surface area contributed by atoms with E-state index in [9.17, 15) is 19.2 Å². The Bertz CT molecular complexity index is 1200. The van der Waals surface area contributed by atoms with E-state index in [1.165, 1.54) is 30.3 Å². The van der Waals surface area contributed by atoms with Gasteiger partial charge in [0, 0.05) is 23.2 Å². The third-order valence-electron chi connectivity index (χ3n) is 5.12. The Balaban J connectivity index is 1.62. The van der Waals surface area contributed by atoms with Gasteiger partial charge in [-0.25, -0.2) is 4.39 Å². The van der Waals surface area contributed by atoms with Gasteiger partial charge in [0.05, 0.1) is 5.70 Å². The molecule has 32 heavy (non-hydrogen) atoms. The Labute approximate surface area is 184 Å². The number of amides is 1. The molecule has 4 rings (SSSR count). The number of nitrogens with zero attached hydrogens (tertiary/aromatic N) is 1. The van der Waals surface area contributed by atoms with Gasteiger partial charge in [0.25, 0.3) is 0 Å². The fourth-order valence-electron chi connectivity index (χ4n) is 3.53. The first-order chi connectivity index (χ1) is 15.5. The summed E-state index contributed by atoms with van der Waals surface area (Å²) in [5.74, 6) is -1.11. The molecule has 0 fully saturated rings. The number of oxime groups is 1. The quantitative estimate of drug-likeness (QED) is 0.409. The van der Waals surface area contributed by atoms with E-state index in [1.54, 1.807) is 24.3 Å². The SMILES string of the molecule is O=C1C(NC(Cc2ccccc2)C(=O)Nc2ccc(F)cc2)=CC(=NO)c2ccccc21. The summed E-state index contributed by atoms with van der Waals surface area (Å²) in [7, 11) is 0. The van der Waals surface area contributed by atoms with E-state index in [1.807, 2.05) is 30.3 Å². The van der Waals surface area contributed by atoms with Crippen LogP contribution in [-0.4, -0.2) is 28.7 Å². The summed E-state index contributed by atoms with van der Waals surface area (Å²) < 4.78 is 13.2. The number of hydrogen-bond donors (Lipinski definition) is 3. The molecule has 0 bridgehead atoms. The first-order valence-corrected chi connectivity index (χ1v) is 10.00. The maximum absolute atomic E-state index is 13.2. The lowest BCUT2D eigenvalue weighted by molar-refractivity contribution is -0.117. The van der Waals surface area contributed by atoms with Crippen molar-refractivity contribution in [2.24, 2.45) is 5.16 Å². The lowest BCUT2D eigenvalue weighted by Crippen LogP contribution is -2.44. The largest absolute Gasteiger partial charge is 0.410 e. The number of nitrogens with one attached hydrogen (secondary N) is 2. The van der Waals surface area contributed by atoms with Gasteiger partial charge in [-0.3, -0.25) is 9.59 Å². The molecule has 0 saturated carbocycles. The molecular formula is C25H20FN3O3. The number of fused-ring (bicyclic) bond motifs is 1. The molecule has 3 aromatic carbocycles. The summed E-state index contributed by atoms with van der Waals surface area (Å²) in [4.78, 5) is 26.1. The normalized spacial score (nSPS) is 15.0. The highest BCUT2D eigenvalue weighted by Crippen LogP contribution is 2.21. The molecule has 3 aromatic rings. The monoisotopic (exact) mass is 429 g/mol. The van der Waals surface area contributed by atoms with Gasteiger partial charge in [0.15, 0.2) is 0 Å². The fraction of sp³-hybridized carbons (Fsp3) is 0.0800. The first kappa shape index (κ1) is 21.0. The van der Waals surface area contributed by atoms with Crippen LogP contribution in [0.25, 0.3) is 0 Å². The van der Waals surface area contributed by atoms with Crippen molar-refractivity contribution < 1.29 is 19.2 Å². The topological polar surface area (TPSA) is 90.8 Å². The number of Topliss-reactive ketones (excluding diaryl/α,β-unsaturated/α-hetero) is 1. The highest BCUT2D eigenvalue weighted by Gasteiger charge is 2.28. The van der Waals surface area contributed by atoms with Crippen molar-refractivity contribution in [3.8, 4) is 0 Å². The molecule has 7 heteroatoms. The van der Waals surface area contributed by atoms with Crippen molar-refractivity contribution in [2.45, 2.75) is 12.5 Å². The molecule has 6 nitrogen and oxygen atoms in total. The van der Waals surface area contributed by atoms with Gasteiger partial charge in [-0.1, -0.05) is 59.8 Å². The number of benzene rings is 3. The number of carbonyl (C=O) groups excluding carboxylic acids is 2. The average molecular weight is 429 g/mol. The molecule has 160 valence electrons. The molecule has 0 saturated heterocycles. The third-order valence-corrected chi connectivity index (χ3v) is 5.12. The Hall–Kier alpha value is -4.26. The average Bonchev–Trinajstić information content (AvgIpc) is 2.82. The Morgan fingerprint density at radius 2 is 1.59 bits per heavy atom. The lowest BCUT2D eigenvalue weighted by atomic mass is 9.91. The Morgan fingerprint density at radius 3 is 2.28 bits per heavy atom. The highest BCUT2D eigenvalue weighted by molar-refractivity contribution is 6.26. The van der Waals surface area contributed by atoms with Gasteiger partial charge < -0.3 is 15.8 Å². The first-order valence-electron chi connectivity index (χ1n) is 10.00. The summed E-state index contributed by atoms with van der Waals surface area (Å²) in [6.45, 7) is 0. The van der Waals surface area contributed by atoms with Gasteiger partial charge in [-0.05, 0) is 35.9 Å². The van der Waals surface area contributed by atoms with Crippen molar-refractivity contribution in [1.29, 1.82) is 0 Å². The van der Waals surface area contributed by atoms with E-state index in [0.29, 0.717) is 23.2 Å². The van der Waals surface area contributed by atoms with Gasteiger partial charge >= 0.3 is 0 Å². The highest BCUT2D eigenvalue weighted by atomic mass is 19.1. The number of anilines is 1. The van der Waals surface area contributed by atoms with Crippen LogP contribution in [0.15, 0.2) is 95.8 Å². The Kier molecular flexibility index (Phi) is 6.07. The van der Waals surface area contributed by atoms with Gasteiger partial charge in [-0.2, -0.15) is 0 Å². The molecule has 3 N–H and O–H groups in total. The van der Waals surface area contributed by atoms with Crippen molar-refractivity contribution >= 4 is 23.1 Å². The van der Waals surface area contributed by atoms with E-state index in [4.69, 9.17) is 0 Å². The summed E-state index contributed by atoms with van der Waals surface area (Å²) in [5, 5.41) is 18.5. The lowest BCUT2D eigenvalue weighted by Gasteiger charge is -2.24. The molecule has 0 radical (unpaired) electrons. The molecule has 1 aliphatic rings. The summed E-state index contributed by atoms with van der Waals surface area (Å²) in [6.07, 6.45) is 1.72. The van der Waals surface area contributed by atoms with E-state index < -0.39 is 17.8 Å². The van der Waals surface area contributed by atoms with Crippen molar-refractivity contribution in [1.82, 2.24) is 5.32 Å².